The van der Waals surface area contributed by atoms with Crippen molar-refractivity contribution < 1.29 is 8.42 Å². The standard InChI is InChI=1S/C15H22BrNO2S/c16-12-14-8-4-5-9-15(14)17-20(18,19)11-10-13-6-2-1-3-7-13/h1-3,6-7,14-15,17H,4-5,8-12H2. The lowest BCUT2D eigenvalue weighted by Crippen LogP contribution is -2.43. The van der Waals surface area contributed by atoms with Crippen molar-refractivity contribution in [2.75, 3.05) is 11.1 Å². The van der Waals surface area contributed by atoms with Gasteiger partial charge in [0.25, 0.3) is 0 Å². The smallest absolute Gasteiger partial charge is 0.212 e. The van der Waals surface area contributed by atoms with Crippen LogP contribution < -0.4 is 4.72 Å². The Kier molecular flexibility index (Phi) is 6.05. The molecular formula is C15H22BrNO2S. The summed E-state index contributed by atoms with van der Waals surface area (Å²) in [5, 5.41) is 0.874. The Morgan fingerprint density at radius 1 is 1.15 bits per heavy atom. The van der Waals surface area contributed by atoms with Gasteiger partial charge in [0.05, 0.1) is 5.75 Å². The number of halogens is 1. The van der Waals surface area contributed by atoms with Crippen LogP contribution in [0.3, 0.4) is 0 Å². The maximum atomic E-state index is 12.2. The number of aryl methyl sites for hydroxylation is 1. The third kappa shape index (κ3) is 4.86. The molecule has 2 unspecified atom stereocenters. The highest BCUT2D eigenvalue weighted by atomic mass is 79.9. The normalized spacial score (nSPS) is 23.6. The van der Waals surface area contributed by atoms with Crippen LogP contribution in [0, 0.1) is 5.92 Å². The first-order valence-corrected chi connectivity index (χ1v) is 9.98. The SMILES string of the molecule is O=S(=O)(CCc1ccccc1)NC1CCCCC1CBr. The second-order valence-corrected chi connectivity index (χ2v) is 8.00. The molecule has 20 heavy (non-hydrogen) atoms. The zero-order valence-corrected chi connectivity index (χ0v) is 14.0. The fraction of sp³-hybridized carbons (Fsp3) is 0.600. The van der Waals surface area contributed by atoms with Crippen LogP contribution in [0.5, 0.6) is 0 Å². The Morgan fingerprint density at radius 3 is 2.55 bits per heavy atom. The van der Waals surface area contributed by atoms with Crippen molar-refractivity contribution in [1.82, 2.24) is 4.72 Å². The Bertz CT molecular complexity index is 504. The first-order chi connectivity index (χ1) is 9.61. The molecule has 0 amide bonds. The van der Waals surface area contributed by atoms with Gasteiger partial charge in [-0.15, -0.1) is 0 Å². The highest BCUT2D eigenvalue weighted by Gasteiger charge is 2.27. The number of sulfonamides is 1. The van der Waals surface area contributed by atoms with E-state index in [0.717, 1.165) is 30.2 Å². The van der Waals surface area contributed by atoms with Crippen molar-refractivity contribution in [2.24, 2.45) is 5.92 Å². The van der Waals surface area contributed by atoms with Crippen LogP contribution in [0.25, 0.3) is 0 Å². The number of benzene rings is 1. The van der Waals surface area contributed by atoms with Gasteiger partial charge in [-0.1, -0.05) is 59.1 Å². The second kappa shape index (κ2) is 7.57. The lowest BCUT2D eigenvalue weighted by atomic mass is 9.87. The molecule has 112 valence electrons. The summed E-state index contributed by atoms with van der Waals surface area (Å²) in [5.41, 5.74) is 1.07. The van der Waals surface area contributed by atoms with Gasteiger partial charge < -0.3 is 0 Å². The minimum Gasteiger partial charge on any atom is -0.212 e. The van der Waals surface area contributed by atoms with Crippen molar-refractivity contribution >= 4 is 26.0 Å². The van der Waals surface area contributed by atoms with E-state index in [0.29, 0.717) is 12.3 Å². The van der Waals surface area contributed by atoms with E-state index < -0.39 is 10.0 Å². The van der Waals surface area contributed by atoms with Crippen LogP contribution in [-0.4, -0.2) is 25.5 Å². The summed E-state index contributed by atoms with van der Waals surface area (Å²) in [5.74, 6) is 0.595. The summed E-state index contributed by atoms with van der Waals surface area (Å²) in [6, 6.07) is 9.87. The molecule has 1 aliphatic rings. The third-order valence-electron chi connectivity index (χ3n) is 3.94. The van der Waals surface area contributed by atoms with Crippen LogP contribution in [0.2, 0.25) is 0 Å². The summed E-state index contributed by atoms with van der Waals surface area (Å²) < 4.78 is 27.3. The fourth-order valence-electron chi connectivity index (χ4n) is 2.73. The molecule has 0 aromatic heterocycles. The van der Waals surface area contributed by atoms with E-state index in [1.807, 2.05) is 30.3 Å². The van der Waals surface area contributed by atoms with Crippen molar-refractivity contribution in [2.45, 2.75) is 38.1 Å². The molecular weight excluding hydrogens is 338 g/mol. The highest BCUT2D eigenvalue weighted by molar-refractivity contribution is 9.09. The third-order valence-corrected chi connectivity index (χ3v) is 6.18. The summed E-state index contributed by atoms with van der Waals surface area (Å²) >= 11 is 3.50. The summed E-state index contributed by atoms with van der Waals surface area (Å²) in [6.07, 6.45) is 4.97. The van der Waals surface area contributed by atoms with Gasteiger partial charge in [0.2, 0.25) is 10.0 Å². The van der Waals surface area contributed by atoms with E-state index in [1.165, 1.54) is 6.42 Å². The molecule has 1 aromatic rings. The molecule has 1 aliphatic carbocycles. The van der Waals surface area contributed by atoms with Gasteiger partial charge in [-0.05, 0) is 30.7 Å². The Morgan fingerprint density at radius 2 is 1.85 bits per heavy atom. The maximum absolute atomic E-state index is 12.2. The number of hydrogen-bond acceptors (Lipinski definition) is 2. The Balaban J connectivity index is 1.90. The molecule has 0 saturated heterocycles. The fourth-order valence-corrected chi connectivity index (χ4v) is 4.90. The van der Waals surface area contributed by atoms with E-state index in [-0.39, 0.29) is 11.8 Å². The van der Waals surface area contributed by atoms with Crippen molar-refractivity contribution in [3.8, 4) is 0 Å². The van der Waals surface area contributed by atoms with Crippen LogP contribution in [0.1, 0.15) is 31.2 Å². The molecule has 0 radical (unpaired) electrons. The molecule has 1 saturated carbocycles. The predicted molar refractivity (Wildman–Crippen MR) is 86.6 cm³/mol. The molecule has 0 heterocycles. The van der Waals surface area contributed by atoms with Crippen molar-refractivity contribution in [1.29, 1.82) is 0 Å². The number of rotatable bonds is 6. The highest BCUT2D eigenvalue weighted by Crippen LogP contribution is 2.26. The molecule has 0 bridgehead atoms. The zero-order valence-electron chi connectivity index (χ0n) is 11.6. The minimum absolute atomic E-state index is 0.101. The van der Waals surface area contributed by atoms with Gasteiger partial charge in [0.1, 0.15) is 0 Å². The first kappa shape index (κ1) is 16.0. The second-order valence-electron chi connectivity index (χ2n) is 5.48. The molecule has 1 fully saturated rings. The van der Waals surface area contributed by atoms with E-state index in [4.69, 9.17) is 0 Å². The van der Waals surface area contributed by atoms with Crippen LogP contribution in [0.4, 0.5) is 0 Å². The molecule has 0 aliphatic heterocycles. The van der Waals surface area contributed by atoms with Gasteiger partial charge in [0.15, 0.2) is 0 Å². The molecule has 1 N–H and O–H groups in total. The van der Waals surface area contributed by atoms with Crippen LogP contribution in [-0.2, 0) is 16.4 Å². The Hall–Kier alpha value is -0.390. The lowest BCUT2D eigenvalue weighted by molar-refractivity contribution is 0.316. The van der Waals surface area contributed by atoms with E-state index in [1.54, 1.807) is 0 Å². The topological polar surface area (TPSA) is 46.2 Å². The van der Waals surface area contributed by atoms with Gasteiger partial charge in [-0.2, -0.15) is 0 Å². The molecule has 2 rings (SSSR count). The number of hydrogen-bond donors (Lipinski definition) is 1. The molecule has 3 nitrogen and oxygen atoms in total. The molecule has 1 aromatic carbocycles. The summed E-state index contributed by atoms with van der Waals surface area (Å²) in [4.78, 5) is 0. The van der Waals surface area contributed by atoms with Crippen molar-refractivity contribution in [3.05, 3.63) is 35.9 Å². The Labute approximate surface area is 130 Å². The quantitative estimate of drug-likeness (QED) is 0.793. The zero-order chi connectivity index (χ0) is 14.4. The van der Waals surface area contributed by atoms with Gasteiger partial charge in [-0.25, -0.2) is 13.1 Å². The minimum atomic E-state index is -3.19. The first-order valence-electron chi connectivity index (χ1n) is 7.20. The lowest BCUT2D eigenvalue weighted by Gasteiger charge is -2.30. The molecule has 5 heteroatoms. The van der Waals surface area contributed by atoms with Crippen molar-refractivity contribution in [3.63, 3.8) is 0 Å². The monoisotopic (exact) mass is 359 g/mol. The average molecular weight is 360 g/mol. The van der Waals surface area contributed by atoms with Gasteiger partial charge in [-0.3, -0.25) is 0 Å². The van der Waals surface area contributed by atoms with Crippen LogP contribution in [0.15, 0.2) is 30.3 Å². The van der Waals surface area contributed by atoms with E-state index >= 15 is 0 Å². The number of alkyl halides is 1. The predicted octanol–water partition coefficient (Wildman–Crippen LogP) is 3.10. The maximum Gasteiger partial charge on any atom is 0.212 e. The summed E-state index contributed by atoms with van der Waals surface area (Å²) in [6.45, 7) is 0. The van der Waals surface area contributed by atoms with E-state index in [2.05, 4.69) is 20.7 Å². The van der Waals surface area contributed by atoms with Crippen LogP contribution >= 0.6 is 15.9 Å². The number of nitrogens with one attached hydrogen (secondary N) is 1. The summed E-state index contributed by atoms with van der Waals surface area (Å²) in [7, 11) is -3.19. The van der Waals surface area contributed by atoms with E-state index in [9.17, 15) is 8.42 Å². The molecule has 2 atom stereocenters. The van der Waals surface area contributed by atoms with Gasteiger partial charge in [0, 0.05) is 11.4 Å². The largest absolute Gasteiger partial charge is 0.212 e. The van der Waals surface area contributed by atoms with Gasteiger partial charge >= 0.3 is 0 Å². The average Bonchev–Trinajstić information content (AvgIpc) is 2.47. The molecule has 0 spiro atoms.